The second-order valence-electron chi connectivity index (χ2n) is 8.09. The third-order valence-electron chi connectivity index (χ3n) is 5.97. The van der Waals surface area contributed by atoms with E-state index in [9.17, 15) is 18.0 Å². The Morgan fingerprint density at radius 2 is 1.73 bits per heavy atom. The quantitative estimate of drug-likeness (QED) is 0.814. The van der Waals surface area contributed by atoms with Gasteiger partial charge in [0.2, 0.25) is 21.8 Å². The van der Waals surface area contributed by atoms with Crippen LogP contribution in [-0.2, 0) is 19.6 Å². The molecular weight excluding hydrogens is 402 g/mol. The lowest BCUT2D eigenvalue weighted by atomic mass is 9.84. The zero-order valence-electron chi connectivity index (χ0n) is 17.0. The maximum absolute atomic E-state index is 13.1. The third-order valence-corrected chi connectivity index (χ3v) is 6.88. The fraction of sp³-hybridized carbons (Fsp3) is 0.364. The Morgan fingerprint density at radius 3 is 2.33 bits per heavy atom. The minimum Gasteiger partial charge on any atom is -0.308 e. The first-order chi connectivity index (χ1) is 14.2. The highest BCUT2D eigenvalue weighted by Gasteiger charge is 2.37. The average molecular weight is 428 g/mol. The molecule has 1 aliphatic heterocycles. The van der Waals surface area contributed by atoms with E-state index in [-0.39, 0.29) is 28.7 Å². The van der Waals surface area contributed by atoms with Gasteiger partial charge in [-0.1, -0.05) is 24.6 Å². The first kappa shape index (κ1) is 20.6. The van der Waals surface area contributed by atoms with Crippen molar-refractivity contribution < 1.29 is 18.0 Å². The predicted octanol–water partition coefficient (Wildman–Crippen LogP) is 2.89. The Balaban J connectivity index is 1.82. The molecule has 1 unspecified atom stereocenters. The van der Waals surface area contributed by atoms with Crippen LogP contribution in [0.3, 0.4) is 0 Å². The maximum atomic E-state index is 13.1. The van der Waals surface area contributed by atoms with Gasteiger partial charge >= 0.3 is 0 Å². The van der Waals surface area contributed by atoms with Gasteiger partial charge in [0.05, 0.1) is 22.3 Å². The van der Waals surface area contributed by atoms with E-state index in [4.69, 9.17) is 5.14 Å². The van der Waals surface area contributed by atoms with E-state index in [1.54, 1.807) is 21.9 Å². The van der Waals surface area contributed by atoms with Gasteiger partial charge in [0, 0.05) is 19.4 Å². The van der Waals surface area contributed by atoms with Gasteiger partial charge in [-0.3, -0.25) is 9.59 Å². The summed E-state index contributed by atoms with van der Waals surface area (Å²) in [6.07, 6.45) is 2.85. The van der Waals surface area contributed by atoms with Gasteiger partial charge in [0.25, 0.3) is 0 Å². The topological polar surface area (TPSA) is 101 Å². The highest BCUT2D eigenvalue weighted by atomic mass is 32.2. The Bertz CT molecular complexity index is 1120. The number of carbonyl (C=O) groups is 2. The highest BCUT2D eigenvalue weighted by Crippen LogP contribution is 2.41. The molecule has 30 heavy (non-hydrogen) atoms. The van der Waals surface area contributed by atoms with Gasteiger partial charge in [0.1, 0.15) is 0 Å². The SMILES string of the molecule is CC(=O)N1c2ccc(-c3cccc(S(N)(=O)=O)c3)cc2N(C(=O)C2CCC2)CC1C. The first-order valence-corrected chi connectivity index (χ1v) is 11.6. The van der Waals surface area contributed by atoms with E-state index in [2.05, 4.69) is 0 Å². The molecule has 7 nitrogen and oxygen atoms in total. The number of sulfonamides is 1. The normalized spacial score (nSPS) is 19.2. The molecule has 158 valence electrons. The molecule has 1 aliphatic carbocycles. The molecule has 2 N–H and O–H groups in total. The van der Waals surface area contributed by atoms with E-state index in [1.807, 2.05) is 25.1 Å². The number of hydrogen-bond acceptors (Lipinski definition) is 4. The van der Waals surface area contributed by atoms with Crippen LogP contribution in [0.5, 0.6) is 0 Å². The summed E-state index contributed by atoms with van der Waals surface area (Å²) in [5.74, 6) is 0.0414. The second-order valence-corrected chi connectivity index (χ2v) is 9.65. The standard InChI is InChI=1S/C22H25N3O4S/c1-14-13-24(22(27)16-5-3-6-16)21-12-18(9-10-20(21)25(14)15(2)26)17-7-4-8-19(11-17)30(23,28)29/h4,7-12,14,16H,3,5-6,13H2,1-2H3,(H2,23,28,29). The highest BCUT2D eigenvalue weighted by molar-refractivity contribution is 7.89. The Labute approximate surface area is 176 Å². The number of anilines is 2. The van der Waals surface area contributed by atoms with E-state index >= 15 is 0 Å². The van der Waals surface area contributed by atoms with Crippen LogP contribution in [-0.4, -0.2) is 32.8 Å². The number of primary sulfonamides is 1. The molecule has 0 spiro atoms. The molecule has 1 heterocycles. The van der Waals surface area contributed by atoms with Crippen LogP contribution in [0.25, 0.3) is 11.1 Å². The lowest BCUT2D eigenvalue weighted by molar-refractivity contribution is -0.125. The molecular formula is C22H25N3O4S. The zero-order valence-corrected chi connectivity index (χ0v) is 17.9. The van der Waals surface area contributed by atoms with Crippen LogP contribution < -0.4 is 14.9 Å². The van der Waals surface area contributed by atoms with E-state index < -0.39 is 10.0 Å². The number of benzene rings is 2. The number of hydrogen-bond donors (Lipinski definition) is 1. The summed E-state index contributed by atoms with van der Waals surface area (Å²) in [4.78, 5) is 29.0. The fourth-order valence-corrected chi connectivity index (χ4v) is 4.78. The molecule has 2 aliphatic rings. The molecule has 0 aromatic heterocycles. The van der Waals surface area contributed by atoms with Crippen LogP contribution in [0.4, 0.5) is 11.4 Å². The van der Waals surface area contributed by atoms with Crippen molar-refractivity contribution in [2.24, 2.45) is 11.1 Å². The van der Waals surface area contributed by atoms with Crippen molar-refractivity contribution in [3.63, 3.8) is 0 Å². The maximum Gasteiger partial charge on any atom is 0.238 e. The summed E-state index contributed by atoms with van der Waals surface area (Å²) in [6.45, 7) is 3.89. The van der Waals surface area contributed by atoms with Crippen molar-refractivity contribution in [3.8, 4) is 11.1 Å². The average Bonchev–Trinajstić information content (AvgIpc) is 2.64. The summed E-state index contributed by atoms with van der Waals surface area (Å²) in [5, 5.41) is 5.27. The number of nitrogens with two attached hydrogens (primary N) is 1. The van der Waals surface area contributed by atoms with E-state index in [0.717, 1.165) is 24.8 Å². The minimum absolute atomic E-state index is 0.0269. The lowest BCUT2D eigenvalue weighted by Gasteiger charge is -2.43. The monoisotopic (exact) mass is 427 g/mol. The van der Waals surface area contributed by atoms with Crippen LogP contribution in [0.2, 0.25) is 0 Å². The summed E-state index contributed by atoms with van der Waals surface area (Å²) in [6, 6.07) is 11.8. The summed E-state index contributed by atoms with van der Waals surface area (Å²) in [7, 11) is -3.83. The zero-order chi connectivity index (χ0) is 21.6. The van der Waals surface area contributed by atoms with Crippen LogP contribution in [0.15, 0.2) is 47.4 Å². The van der Waals surface area contributed by atoms with E-state index in [1.165, 1.54) is 19.1 Å². The molecule has 1 saturated carbocycles. The minimum atomic E-state index is -3.83. The molecule has 4 rings (SSSR count). The van der Waals surface area contributed by atoms with Crippen LogP contribution in [0.1, 0.15) is 33.1 Å². The number of amides is 2. The Kier molecular flexibility index (Phi) is 5.15. The molecule has 8 heteroatoms. The molecule has 1 fully saturated rings. The van der Waals surface area contributed by atoms with Crippen LogP contribution in [0, 0.1) is 5.92 Å². The van der Waals surface area contributed by atoms with Crippen molar-refractivity contribution in [1.29, 1.82) is 0 Å². The first-order valence-electron chi connectivity index (χ1n) is 10.1. The molecule has 2 aromatic rings. The molecule has 0 bridgehead atoms. The summed E-state index contributed by atoms with van der Waals surface area (Å²) < 4.78 is 23.5. The van der Waals surface area contributed by atoms with Crippen molar-refractivity contribution in [2.45, 2.75) is 44.0 Å². The van der Waals surface area contributed by atoms with Crippen molar-refractivity contribution in [3.05, 3.63) is 42.5 Å². The number of nitrogens with zero attached hydrogens (tertiary/aromatic N) is 2. The molecule has 2 amide bonds. The largest absolute Gasteiger partial charge is 0.308 e. The Morgan fingerprint density at radius 1 is 1.03 bits per heavy atom. The van der Waals surface area contributed by atoms with Gasteiger partial charge in [-0.2, -0.15) is 0 Å². The fourth-order valence-electron chi connectivity index (χ4n) is 4.22. The number of carbonyl (C=O) groups excluding carboxylic acids is 2. The molecule has 1 atom stereocenters. The summed E-state index contributed by atoms with van der Waals surface area (Å²) >= 11 is 0. The smallest absolute Gasteiger partial charge is 0.238 e. The van der Waals surface area contributed by atoms with Crippen molar-refractivity contribution in [1.82, 2.24) is 0 Å². The predicted molar refractivity (Wildman–Crippen MR) is 116 cm³/mol. The van der Waals surface area contributed by atoms with Crippen molar-refractivity contribution in [2.75, 3.05) is 16.3 Å². The molecule has 0 saturated heterocycles. The summed E-state index contributed by atoms with van der Waals surface area (Å²) in [5.41, 5.74) is 2.80. The van der Waals surface area contributed by atoms with Crippen molar-refractivity contribution >= 4 is 33.2 Å². The molecule has 2 aromatic carbocycles. The lowest BCUT2D eigenvalue weighted by Crippen LogP contribution is -2.53. The van der Waals surface area contributed by atoms with Gasteiger partial charge in [-0.05, 0) is 55.2 Å². The third kappa shape index (κ3) is 3.61. The number of rotatable bonds is 3. The van der Waals surface area contributed by atoms with Gasteiger partial charge in [-0.15, -0.1) is 0 Å². The van der Waals surface area contributed by atoms with Crippen LogP contribution >= 0.6 is 0 Å². The van der Waals surface area contributed by atoms with Gasteiger partial charge < -0.3 is 9.80 Å². The second kappa shape index (κ2) is 7.52. The Hall–Kier alpha value is -2.71. The van der Waals surface area contributed by atoms with Gasteiger partial charge in [-0.25, -0.2) is 13.6 Å². The van der Waals surface area contributed by atoms with Gasteiger partial charge in [0.15, 0.2) is 0 Å². The van der Waals surface area contributed by atoms with E-state index in [0.29, 0.717) is 23.5 Å². The number of fused-ring (bicyclic) bond motifs is 1. The molecule has 0 radical (unpaired) electrons.